The van der Waals surface area contributed by atoms with Crippen LogP contribution in [0.3, 0.4) is 0 Å². The summed E-state index contributed by atoms with van der Waals surface area (Å²) in [6, 6.07) is 0. The summed E-state index contributed by atoms with van der Waals surface area (Å²) in [5.74, 6) is 0. The molecule has 1 unspecified atom stereocenters. The molecule has 0 fully saturated rings. The first kappa shape index (κ1) is 11.2. The van der Waals surface area contributed by atoms with Crippen LogP contribution in [0.2, 0.25) is 0 Å². The van der Waals surface area contributed by atoms with E-state index in [4.69, 9.17) is 15.0 Å². The normalized spacial score (nSPS) is 10.7. The summed E-state index contributed by atoms with van der Waals surface area (Å²) in [7, 11) is 1.31. The minimum atomic E-state index is -0.560. The van der Waals surface area contributed by atoms with Crippen LogP contribution in [-0.4, -0.2) is 36.5 Å². The average Bonchev–Trinajstić information content (AvgIpc) is 1.89. The Morgan fingerprint density at radius 3 is 2.00 bits per heavy atom. The Bertz CT molecular complexity index is 52.9. The van der Waals surface area contributed by atoms with Crippen molar-refractivity contribution in [1.82, 2.24) is 0 Å². The zero-order valence-corrected chi connectivity index (χ0v) is 5.57. The molecule has 0 spiro atoms. The molecular formula is C5H12O4. The van der Waals surface area contributed by atoms with E-state index in [0.29, 0.717) is 6.47 Å². The van der Waals surface area contributed by atoms with Crippen molar-refractivity contribution >= 4 is 6.47 Å². The molecule has 9 heavy (non-hydrogen) atoms. The van der Waals surface area contributed by atoms with E-state index in [1.807, 2.05) is 0 Å². The molecule has 0 aromatic heterocycles. The van der Waals surface area contributed by atoms with Crippen molar-refractivity contribution in [2.75, 3.05) is 13.7 Å². The van der Waals surface area contributed by atoms with Crippen LogP contribution in [0.15, 0.2) is 0 Å². The monoisotopic (exact) mass is 136 g/mol. The first-order chi connectivity index (χ1) is 4.18. The largest absolute Gasteiger partial charge is 0.471 e. The molecule has 0 aliphatic rings. The third-order valence-corrected chi connectivity index (χ3v) is 0.360. The quantitative estimate of drug-likeness (QED) is 0.485. The van der Waals surface area contributed by atoms with Crippen LogP contribution in [0.1, 0.15) is 6.92 Å². The fourth-order valence-corrected chi connectivity index (χ4v) is 0. The Labute approximate surface area is 54.1 Å². The maximum Gasteiger partial charge on any atom is 0.292 e. The molecule has 56 valence electrons. The molecule has 0 aromatic rings. The Kier molecular flexibility index (Phi) is 13.0. The highest BCUT2D eigenvalue weighted by atomic mass is 16.5. The van der Waals surface area contributed by atoms with E-state index in [1.165, 1.54) is 14.0 Å². The van der Waals surface area contributed by atoms with Gasteiger partial charge in [-0.15, -0.1) is 0 Å². The number of hydrogen-bond acceptors (Lipinski definition) is 4. The number of aliphatic hydroxyl groups excluding tert-OH is 2. The van der Waals surface area contributed by atoms with Crippen LogP contribution in [0.5, 0.6) is 0 Å². The zero-order valence-electron chi connectivity index (χ0n) is 5.57. The van der Waals surface area contributed by atoms with Crippen LogP contribution in [-0.2, 0) is 9.53 Å². The van der Waals surface area contributed by atoms with E-state index in [0.717, 1.165) is 0 Å². The van der Waals surface area contributed by atoms with Gasteiger partial charge in [0, 0.05) is 0 Å². The number of carbonyl (C=O) groups excluding carboxylic acids is 1. The number of ether oxygens (including phenoxy) is 1. The molecule has 0 heterocycles. The Balaban J connectivity index is 0. The van der Waals surface area contributed by atoms with E-state index in [1.54, 1.807) is 0 Å². The standard InChI is InChI=1S/C3H8O2.C2H4O2/c1-3(5)2-4;1-4-2-3/h3-5H,2H2,1H3;2H,1H3. The highest BCUT2D eigenvalue weighted by Gasteiger charge is 1.83. The van der Waals surface area contributed by atoms with Gasteiger partial charge < -0.3 is 14.9 Å². The van der Waals surface area contributed by atoms with Crippen molar-refractivity contribution in [2.45, 2.75) is 13.0 Å². The first-order valence-corrected chi connectivity index (χ1v) is 2.44. The number of carbonyl (C=O) groups is 1. The van der Waals surface area contributed by atoms with Gasteiger partial charge in [0.25, 0.3) is 6.47 Å². The second-order valence-corrected chi connectivity index (χ2v) is 1.36. The summed E-state index contributed by atoms with van der Waals surface area (Å²) in [6.07, 6.45) is -0.560. The van der Waals surface area contributed by atoms with Gasteiger partial charge in [-0.25, -0.2) is 0 Å². The Morgan fingerprint density at radius 2 is 2.00 bits per heavy atom. The van der Waals surface area contributed by atoms with Gasteiger partial charge in [0.15, 0.2) is 0 Å². The minimum Gasteiger partial charge on any atom is -0.471 e. The highest BCUT2D eigenvalue weighted by Crippen LogP contribution is 1.68. The minimum absolute atomic E-state index is 0.139. The van der Waals surface area contributed by atoms with Crippen LogP contribution in [0.4, 0.5) is 0 Å². The maximum atomic E-state index is 8.95. The second-order valence-electron chi connectivity index (χ2n) is 1.36. The molecule has 0 saturated heterocycles. The number of rotatable bonds is 2. The molecule has 2 N–H and O–H groups in total. The summed E-state index contributed by atoms with van der Waals surface area (Å²) in [6.45, 7) is 1.76. The lowest BCUT2D eigenvalue weighted by Gasteiger charge is -1.90. The van der Waals surface area contributed by atoms with Crippen LogP contribution in [0.25, 0.3) is 0 Å². The van der Waals surface area contributed by atoms with E-state index in [-0.39, 0.29) is 6.61 Å². The zero-order chi connectivity index (χ0) is 7.70. The van der Waals surface area contributed by atoms with Crippen LogP contribution in [0, 0.1) is 0 Å². The second kappa shape index (κ2) is 10.4. The summed E-state index contributed by atoms with van der Waals surface area (Å²) in [5, 5.41) is 16.0. The molecule has 0 bridgehead atoms. The lowest BCUT2D eigenvalue weighted by Crippen LogP contribution is -2.03. The Hall–Kier alpha value is -0.610. The molecule has 0 amide bonds. The molecule has 0 aliphatic carbocycles. The van der Waals surface area contributed by atoms with Crippen molar-refractivity contribution < 1.29 is 19.7 Å². The van der Waals surface area contributed by atoms with E-state index < -0.39 is 6.10 Å². The summed E-state index contributed by atoms with van der Waals surface area (Å²) in [4.78, 5) is 8.95. The third kappa shape index (κ3) is 37.6. The van der Waals surface area contributed by atoms with Gasteiger partial charge in [-0.1, -0.05) is 0 Å². The van der Waals surface area contributed by atoms with Crippen molar-refractivity contribution in [2.24, 2.45) is 0 Å². The number of hydrogen-bond donors (Lipinski definition) is 2. The van der Waals surface area contributed by atoms with Gasteiger partial charge in [0.1, 0.15) is 0 Å². The van der Waals surface area contributed by atoms with Gasteiger partial charge >= 0.3 is 0 Å². The van der Waals surface area contributed by atoms with Crippen molar-refractivity contribution in [3.8, 4) is 0 Å². The molecule has 4 nitrogen and oxygen atoms in total. The first-order valence-electron chi connectivity index (χ1n) is 2.44. The van der Waals surface area contributed by atoms with Gasteiger partial charge in [-0.05, 0) is 6.92 Å². The molecule has 0 aromatic carbocycles. The van der Waals surface area contributed by atoms with Crippen LogP contribution >= 0.6 is 0 Å². The maximum absolute atomic E-state index is 8.95. The summed E-state index contributed by atoms with van der Waals surface area (Å²) in [5.41, 5.74) is 0. The lowest BCUT2D eigenvalue weighted by molar-refractivity contribution is -0.126. The fraction of sp³-hybridized carbons (Fsp3) is 0.800. The summed E-state index contributed by atoms with van der Waals surface area (Å²) < 4.78 is 3.86. The topological polar surface area (TPSA) is 66.8 Å². The predicted molar refractivity (Wildman–Crippen MR) is 31.8 cm³/mol. The highest BCUT2D eigenvalue weighted by molar-refractivity contribution is 5.36. The van der Waals surface area contributed by atoms with Crippen molar-refractivity contribution in [3.05, 3.63) is 0 Å². The smallest absolute Gasteiger partial charge is 0.292 e. The lowest BCUT2D eigenvalue weighted by atomic mass is 10.5. The SMILES string of the molecule is CC(O)CO.COC=O. The van der Waals surface area contributed by atoms with E-state index in [9.17, 15) is 0 Å². The van der Waals surface area contributed by atoms with Gasteiger partial charge in [-0.2, -0.15) is 0 Å². The molecule has 0 rings (SSSR count). The third-order valence-electron chi connectivity index (χ3n) is 0.360. The number of aliphatic hydroxyl groups is 2. The fourth-order valence-electron chi connectivity index (χ4n) is 0. The van der Waals surface area contributed by atoms with Crippen molar-refractivity contribution in [3.63, 3.8) is 0 Å². The molecule has 0 radical (unpaired) electrons. The summed E-state index contributed by atoms with van der Waals surface area (Å²) >= 11 is 0. The Morgan fingerprint density at radius 1 is 1.78 bits per heavy atom. The molecule has 4 heteroatoms. The van der Waals surface area contributed by atoms with Gasteiger partial charge in [-0.3, -0.25) is 4.79 Å². The molecule has 0 aliphatic heterocycles. The number of methoxy groups -OCH3 is 1. The predicted octanol–water partition coefficient (Wildman–Crippen LogP) is -0.851. The van der Waals surface area contributed by atoms with Gasteiger partial charge in [0.2, 0.25) is 0 Å². The van der Waals surface area contributed by atoms with Crippen molar-refractivity contribution in [1.29, 1.82) is 0 Å². The van der Waals surface area contributed by atoms with Crippen LogP contribution < -0.4 is 0 Å². The molecule has 1 atom stereocenters. The molecular weight excluding hydrogens is 124 g/mol. The average molecular weight is 136 g/mol. The molecule has 0 saturated carbocycles. The van der Waals surface area contributed by atoms with E-state index >= 15 is 0 Å². The van der Waals surface area contributed by atoms with Gasteiger partial charge in [0.05, 0.1) is 19.8 Å². The van der Waals surface area contributed by atoms with E-state index in [2.05, 4.69) is 4.74 Å².